The van der Waals surface area contributed by atoms with E-state index in [1.165, 1.54) is 38.5 Å². The molecular formula is C15H22N4. The lowest BCUT2D eigenvalue weighted by molar-refractivity contribution is -0.0880. The summed E-state index contributed by atoms with van der Waals surface area (Å²) in [7, 11) is 2.04. The van der Waals surface area contributed by atoms with E-state index < -0.39 is 0 Å². The minimum atomic E-state index is 0.200. The molecule has 4 aliphatic carbocycles. The largest absolute Gasteiger partial charge is 0.384 e. The van der Waals surface area contributed by atoms with Crippen LogP contribution in [0.25, 0.3) is 0 Å². The summed E-state index contributed by atoms with van der Waals surface area (Å²) in [5.41, 5.74) is 10.2. The molecule has 5 aliphatic rings. The van der Waals surface area contributed by atoms with Gasteiger partial charge in [0.25, 0.3) is 0 Å². The fourth-order valence-electron chi connectivity index (χ4n) is 6.01. The number of nitrogens with two attached hydrogens (primary N) is 1. The summed E-state index contributed by atoms with van der Waals surface area (Å²) in [4.78, 5) is 0. The van der Waals surface area contributed by atoms with Gasteiger partial charge < -0.3 is 11.2 Å². The molecule has 1 aliphatic heterocycles. The molecule has 1 unspecified atom stereocenters. The van der Waals surface area contributed by atoms with Crippen LogP contribution < -0.4 is 11.2 Å². The Kier molecular flexibility index (Phi) is 2.24. The van der Waals surface area contributed by atoms with Crippen molar-refractivity contribution in [3.05, 3.63) is 11.4 Å². The third-order valence-corrected chi connectivity index (χ3v) is 6.03. The van der Waals surface area contributed by atoms with Gasteiger partial charge in [-0.25, -0.2) is 5.01 Å². The molecule has 0 radical (unpaired) electrons. The molecule has 1 heterocycles. The van der Waals surface area contributed by atoms with Gasteiger partial charge in [-0.3, -0.25) is 0 Å². The maximum Gasteiger partial charge on any atom is 0.126 e. The Balaban J connectivity index is 1.74. The van der Waals surface area contributed by atoms with Crippen LogP contribution in [0.15, 0.2) is 11.4 Å². The second-order valence-electron chi connectivity index (χ2n) is 7.34. The number of hydrogen-bond acceptors (Lipinski definition) is 4. The maximum absolute atomic E-state index is 9.47. The normalized spacial score (nSPS) is 48.4. The highest BCUT2D eigenvalue weighted by atomic mass is 15.6. The van der Waals surface area contributed by atoms with Gasteiger partial charge in [0.1, 0.15) is 11.9 Å². The monoisotopic (exact) mass is 258 g/mol. The third kappa shape index (κ3) is 1.48. The fraction of sp³-hybridized carbons (Fsp3) is 0.800. The van der Waals surface area contributed by atoms with Crippen LogP contribution in [-0.4, -0.2) is 18.1 Å². The van der Waals surface area contributed by atoms with Gasteiger partial charge in [0.05, 0.1) is 11.6 Å². The van der Waals surface area contributed by atoms with Crippen molar-refractivity contribution in [1.29, 1.82) is 5.26 Å². The highest BCUT2D eigenvalue weighted by Crippen LogP contribution is 2.63. The van der Waals surface area contributed by atoms with Gasteiger partial charge in [0.15, 0.2) is 0 Å². The first-order chi connectivity index (χ1) is 9.11. The first-order valence-electron chi connectivity index (χ1n) is 7.50. The van der Waals surface area contributed by atoms with E-state index in [1.807, 2.05) is 7.05 Å². The SMILES string of the molecule is CN1NC(N)=C(C#N)C1C12CC3CC(CC(C3)C1)C2. The molecule has 0 spiro atoms. The van der Waals surface area contributed by atoms with E-state index in [1.54, 1.807) is 0 Å². The molecule has 4 saturated carbocycles. The Morgan fingerprint density at radius 3 is 2.21 bits per heavy atom. The van der Waals surface area contributed by atoms with Crippen LogP contribution in [-0.2, 0) is 0 Å². The van der Waals surface area contributed by atoms with Crippen molar-refractivity contribution in [2.24, 2.45) is 28.9 Å². The molecule has 4 fully saturated rings. The Morgan fingerprint density at radius 2 is 1.74 bits per heavy atom. The van der Waals surface area contributed by atoms with E-state index in [9.17, 15) is 5.26 Å². The third-order valence-electron chi connectivity index (χ3n) is 6.03. The molecule has 4 heteroatoms. The molecule has 0 saturated heterocycles. The van der Waals surface area contributed by atoms with Gasteiger partial charge in [-0.05, 0) is 61.7 Å². The second-order valence-corrected chi connectivity index (χ2v) is 7.34. The number of likely N-dealkylation sites (N-methyl/N-ethyl adjacent to an activating group) is 1. The standard InChI is InChI=1S/C15H22N4/c1-19-13(12(8-16)14(17)18-19)15-5-9-2-10(6-15)4-11(3-9)7-15/h9-11,13,18H,2-7,17H2,1H3. The first-order valence-corrected chi connectivity index (χ1v) is 7.50. The second kappa shape index (κ2) is 3.67. The summed E-state index contributed by atoms with van der Waals surface area (Å²) >= 11 is 0. The van der Waals surface area contributed by atoms with E-state index in [-0.39, 0.29) is 6.04 Å². The maximum atomic E-state index is 9.47. The average molecular weight is 258 g/mol. The topological polar surface area (TPSA) is 65.1 Å². The zero-order valence-electron chi connectivity index (χ0n) is 11.5. The summed E-state index contributed by atoms with van der Waals surface area (Å²) in [5.74, 6) is 3.29. The molecule has 0 aromatic carbocycles. The van der Waals surface area contributed by atoms with Crippen LogP contribution >= 0.6 is 0 Å². The van der Waals surface area contributed by atoms with Crippen LogP contribution in [0.5, 0.6) is 0 Å². The molecule has 0 aromatic heterocycles. The van der Waals surface area contributed by atoms with Crippen molar-refractivity contribution >= 4 is 0 Å². The lowest BCUT2D eigenvalue weighted by atomic mass is 9.47. The number of hydrogen-bond donors (Lipinski definition) is 2. The minimum absolute atomic E-state index is 0.200. The molecule has 0 aromatic rings. The van der Waals surface area contributed by atoms with Crippen molar-refractivity contribution in [3.63, 3.8) is 0 Å². The van der Waals surface area contributed by atoms with Gasteiger partial charge in [0, 0.05) is 7.05 Å². The van der Waals surface area contributed by atoms with Crippen LogP contribution in [0, 0.1) is 34.5 Å². The molecule has 0 amide bonds. The van der Waals surface area contributed by atoms with Crippen molar-refractivity contribution in [1.82, 2.24) is 10.4 Å². The summed E-state index contributed by atoms with van der Waals surface area (Å²) < 4.78 is 0. The van der Waals surface area contributed by atoms with Crippen molar-refractivity contribution in [3.8, 4) is 6.07 Å². The van der Waals surface area contributed by atoms with E-state index in [0.29, 0.717) is 11.2 Å². The Morgan fingerprint density at radius 1 is 1.21 bits per heavy atom. The predicted octanol–water partition coefficient (Wildman–Crippen LogP) is 1.72. The highest BCUT2D eigenvalue weighted by molar-refractivity contribution is 5.37. The number of nitriles is 1. The molecule has 102 valence electrons. The lowest BCUT2D eigenvalue weighted by Crippen LogP contribution is -2.56. The molecule has 19 heavy (non-hydrogen) atoms. The number of nitrogens with zero attached hydrogens (tertiary/aromatic N) is 2. The quantitative estimate of drug-likeness (QED) is 0.751. The Labute approximate surface area is 114 Å². The lowest BCUT2D eigenvalue weighted by Gasteiger charge is -2.59. The van der Waals surface area contributed by atoms with E-state index in [0.717, 1.165) is 23.3 Å². The van der Waals surface area contributed by atoms with Crippen LogP contribution in [0.3, 0.4) is 0 Å². The van der Waals surface area contributed by atoms with E-state index in [4.69, 9.17) is 5.73 Å². The Hall–Kier alpha value is -1.21. The van der Waals surface area contributed by atoms with Gasteiger partial charge in [-0.2, -0.15) is 5.26 Å². The molecule has 4 bridgehead atoms. The first kappa shape index (κ1) is 11.6. The predicted molar refractivity (Wildman–Crippen MR) is 72.1 cm³/mol. The molecule has 4 nitrogen and oxygen atoms in total. The van der Waals surface area contributed by atoms with E-state index >= 15 is 0 Å². The number of nitrogens with one attached hydrogen (secondary N) is 1. The van der Waals surface area contributed by atoms with Gasteiger partial charge in [0.2, 0.25) is 0 Å². The van der Waals surface area contributed by atoms with Crippen molar-refractivity contribution in [2.45, 2.75) is 44.6 Å². The molecule has 5 rings (SSSR count). The summed E-state index contributed by atoms with van der Waals surface area (Å²) in [6.45, 7) is 0. The smallest absolute Gasteiger partial charge is 0.126 e. The van der Waals surface area contributed by atoms with Gasteiger partial charge in [-0.15, -0.1) is 0 Å². The average Bonchev–Trinajstić information content (AvgIpc) is 2.62. The summed E-state index contributed by atoms with van der Waals surface area (Å²) in [6.07, 6.45) is 8.20. The minimum Gasteiger partial charge on any atom is -0.384 e. The molecular weight excluding hydrogens is 236 g/mol. The van der Waals surface area contributed by atoms with Gasteiger partial charge in [-0.1, -0.05) is 0 Å². The van der Waals surface area contributed by atoms with Gasteiger partial charge >= 0.3 is 0 Å². The van der Waals surface area contributed by atoms with Crippen molar-refractivity contribution in [2.75, 3.05) is 7.05 Å². The molecule has 1 atom stereocenters. The van der Waals surface area contributed by atoms with Crippen LogP contribution in [0.4, 0.5) is 0 Å². The fourth-order valence-corrected chi connectivity index (χ4v) is 6.01. The van der Waals surface area contributed by atoms with Crippen LogP contribution in [0.1, 0.15) is 38.5 Å². The zero-order valence-corrected chi connectivity index (χ0v) is 11.5. The van der Waals surface area contributed by atoms with Crippen molar-refractivity contribution < 1.29 is 0 Å². The summed E-state index contributed by atoms with van der Waals surface area (Å²) in [6, 6.07) is 2.57. The van der Waals surface area contributed by atoms with Crippen LogP contribution in [0.2, 0.25) is 0 Å². The Bertz CT molecular complexity index is 452. The number of rotatable bonds is 1. The summed E-state index contributed by atoms with van der Waals surface area (Å²) in [5, 5.41) is 11.6. The number of hydrazine groups is 1. The highest BCUT2D eigenvalue weighted by Gasteiger charge is 2.57. The molecule has 3 N–H and O–H groups in total. The zero-order chi connectivity index (χ0) is 13.2. The van der Waals surface area contributed by atoms with E-state index in [2.05, 4.69) is 16.5 Å².